The molecule has 2 nitrogen and oxygen atoms in total. The number of hydrogen-bond acceptors (Lipinski definition) is 2. The van der Waals surface area contributed by atoms with Crippen LogP contribution in [0.5, 0.6) is 0 Å². The summed E-state index contributed by atoms with van der Waals surface area (Å²) in [4.78, 5) is 11.2. The predicted octanol–water partition coefficient (Wildman–Crippen LogP) is 1.43. The van der Waals surface area contributed by atoms with Gasteiger partial charge in [0, 0.05) is 6.54 Å². The lowest BCUT2D eigenvalue weighted by atomic mass is 9.73. The average Bonchev–Trinajstić information content (AvgIpc) is 1.96. The average molecular weight is 165 g/mol. The third-order valence-corrected chi connectivity index (χ3v) is 2.40. The summed E-state index contributed by atoms with van der Waals surface area (Å²) >= 11 is 0. The molecule has 1 aliphatic rings. The fourth-order valence-corrected chi connectivity index (χ4v) is 1.53. The smallest absolute Gasteiger partial charge is 0.181 e. The molecule has 2 N–H and O–H groups in total. The zero-order chi connectivity index (χ0) is 9.35. The molecule has 0 amide bonds. The van der Waals surface area contributed by atoms with Crippen molar-refractivity contribution in [1.82, 2.24) is 0 Å². The molecule has 1 rings (SSSR count). The zero-order valence-corrected chi connectivity index (χ0v) is 7.68. The number of hydrogen-bond donors (Lipinski definition) is 1. The second-order valence-corrected chi connectivity index (χ2v) is 3.90. The van der Waals surface area contributed by atoms with Gasteiger partial charge in [0.2, 0.25) is 0 Å². The maximum Gasteiger partial charge on any atom is 0.181 e. The van der Waals surface area contributed by atoms with Gasteiger partial charge in [0.1, 0.15) is 0 Å². The molecule has 12 heavy (non-hydrogen) atoms. The summed E-state index contributed by atoms with van der Waals surface area (Å²) in [6.07, 6.45) is 2.36. The van der Waals surface area contributed by atoms with Crippen LogP contribution < -0.4 is 5.73 Å². The number of nitrogens with two attached hydrogens (primary N) is 1. The minimum atomic E-state index is 0.0136. The first kappa shape index (κ1) is 9.20. The van der Waals surface area contributed by atoms with Crippen molar-refractivity contribution in [2.24, 2.45) is 11.1 Å². The standard InChI is InChI=1S/C10H15NO/c1-7-5-10(2,3)8(6-11)4-9(7)12/h4H,1,5-6,11H2,2-3H3. The van der Waals surface area contributed by atoms with E-state index in [4.69, 9.17) is 5.73 Å². The van der Waals surface area contributed by atoms with Crippen molar-refractivity contribution >= 4 is 5.78 Å². The molecular formula is C10H15NO. The Morgan fingerprint density at radius 3 is 2.75 bits per heavy atom. The zero-order valence-electron chi connectivity index (χ0n) is 7.68. The molecule has 0 spiro atoms. The van der Waals surface area contributed by atoms with Crippen LogP contribution >= 0.6 is 0 Å². The van der Waals surface area contributed by atoms with Crippen LogP contribution in [0.1, 0.15) is 20.3 Å². The van der Waals surface area contributed by atoms with E-state index in [1.165, 1.54) is 0 Å². The lowest BCUT2D eigenvalue weighted by Gasteiger charge is -2.31. The van der Waals surface area contributed by atoms with Gasteiger partial charge in [-0.2, -0.15) is 0 Å². The predicted molar refractivity (Wildman–Crippen MR) is 49.7 cm³/mol. The topological polar surface area (TPSA) is 43.1 Å². The summed E-state index contributed by atoms with van der Waals surface area (Å²) in [5, 5.41) is 0. The number of carbonyl (C=O) groups excluding carboxylic acids is 1. The molecule has 0 saturated carbocycles. The van der Waals surface area contributed by atoms with Crippen LogP contribution in [-0.4, -0.2) is 12.3 Å². The highest BCUT2D eigenvalue weighted by Gasteiger charge is 2.29. The summed E-state index contributed by atoms with van der Waals surface area (Å²) in [7, 11) is 0. The molecule has 0 heterocycles. The Hall–Kier alpha value is -0.890. The summed E-state index contributed by atoms with van der Waals surface area (Å²) in [5.41, 5.74) is 7.27. The van der Waals surface area contributed by atoms with Gasteiger partial charge in [-0.3, -0.25) is 4.79 Å². The summed E-state index contributed by atoms with van der Waals surface area (Å²) in [6.45, 7) is 8.36. The lowest BCUT2D eigenvalue weighted by Crippen LogP contribution is -2.27. The van der Waals surface area contributed by atoms with Crippen LogP contribution in [-0.2, 0) is 4.79 Å². The van der Waals surface area contributed by atoms with Crippen LogP contribution in [0.3, 0.4) is 0 Å². The van der Waals surface area contributed by atoms with Crippen LogP contribution in [0.4, 0.5) is 0 Å². The molecule has 66 valence electrons. The van der Waals surface area contributed by atoms with E-state index in [1.54, 1.807) is 6.08 Å². The highest BCUT2D eigenvalue weighted by atomic mass is 16.1. The van der Waals surface area contributed by atoms with Gasteiger partial charge in [0.25, 0.3) is 0 Å². The second kappa shape index (κ2) is 2.87. The highest BCUT2D eigenvalue weighted by Crippen LogP contribution is 2.36. The number of ketones is 1. The van der Waals surface area contributed by atoms with Gasteiger partial charge in [-0.1, -0.05) is 20.4 Å². The van der Waals surface area contributed by atoms with Gasteiger partial charge >= 0.3 is 0 Å². The minimum Gasteiger partial charge on any atom is -0.327 e. The molecule has 0 radical (unpaired) electrons. The van der Waals surface area contributed by atoms with Crippen molar-refractivity contribution in [3.63, 3.8) is 0 Å². The molecule has 0 bridgehead atoms. The first-order chi connectivity index (χ1) is 5.47. The Bertz CT molecular complexity index is 261. The van der Waals surface area contributed by atoms with Crippen molar-refractivity contribution in [2.45, 2.75) is 20.3 Å². The largest absolute Gasteiger partial charge is 0.327 e. The summed E-state index contributed by atoms with van der Waals surface area (Å²) in [5.74, 6) is 0.0368. The maximum atomic E-state index is 11.2. The van der Waals surface area contributed by atoms with Crippen molar-refractivity contribution < 1.29 is 4.79 Å². The van der Waals surface area contributed by atoms with E-state index in [0.29, 0.717) is 12.1 Å². The van der Waals surface area contributed by atoms with Gasteiger partial charge in [-0.25, -0.2) is 0 Å². The molecule has 0 fully saturated rings. The molecule has 0 unspecified atom stereocenters. The van der Waals surface area contributed by atoms with Gasteiger partial charge in [-0.05, 0) is 29.1 Å². The molecule has 2 heteroatoms. The van der Waals surface area contributed by atoms with Crippen molar-refractivity contribution in [2.75, 3.05) is 6.54 Å². The molecule has 0 saturated heterocycles. The quantitative estimate of drug-likeness (QED) is 0.597. The van der Waals surface area contributed by atoms with Crippen LogP contribution in [0.25, 0.3) is 0 Å². The first-order valence-electron chi connectivity index (χ1n) is 4.10. The molecular weight excluding hydrogens is 150 g/mol. The van der Waals surface area contributed by atoms with E-state index in [1.807, 2.05) is 0 Å². The fourth-order valence-electron chi connectivity index (χ4n) is 1.53. The van der Waals surface area contributed by atoms with E-state index >= 15 is 0 Å². The van der Waals surface area contributed by atoms with E-state index in [9.17, 15) is 4.79 Å². The second-order valence-electron chi connectivity index (χ2n) is 3.90. The molecule has 0 atom stereocenters. The molecule has 1 aliphatic carbocycles. The molecule has 0 aliphatic heterocycles. The van der Waals surface area contributed by atoms with Crippen LogP contribution in [0.15, 0.2) is 23.8 Å². The Balaban J connectivity index is 3.04. The minimum absolute atomic E-state index is 0.0136. The van der Waals surface area contributed by atoms with Crippen molar-refractivity contribution in [1.29, 1.82) is 0 Å². The molecule has 0 aromatic heterocycles. The van der Waals surface area contributed by atoms with Gasteiger partial charge in [0.15, 0.2) is 5.78 Å². The third-order valence-electron chi connectivity index (χ3n) is 2.40. The van der Waals surface area contributed by atoms with E-state index in [2.05, 4.69) is 20.4 Å². The van der Waals surface area contributed by atoms with Crippen LogP contribution in [0, 0.1) is 5.41 Å². The highest BCUT2D eigenvalue weighted by molar-refractivity contribution is 6.05. The van der Waals surface area contributed by atoms with Crippen molar-refractivity contribution in [3.8, 4) is 0 Å². The van der Waals surface area contributed by atoms with Crippen molar-refractivity contribution in [3.05, 3.63) is 23.8 Å². The SMILES string of the molecule is C=C1CC(C)(C)C(CN)=CC1=O. The summed E-state index contributed by atoms with van der Waals surface area (Å²) in [6, 6.07) is 0. The Morgan fingerprint density at radius 2 is 2.25 bits per heavy atom. The number of allylic oxidation sites excluding steroid dienone is 2. The van der Waals surface area contributed by atoms with Gasteiger partial charge in [-0.15, -0.1) is 0 Å². The Morgan fingerprint density at radius 1 is 1.67 bits per heavy atom. The molecule has 0 aromatic carbocycles. The first-order valence-corrected chi connectivity index (χ1v) is 4.10. The fraction of sp³-hybridized carbons (Fsp3) is 0.500. The lowest BCUT2D eigenvalue weighted by molar-refractivity contribution is -0.112. The summed E-state index contributed by atoms with van der Waals surface area (Å²) < 4.78 is 0. The van der Waals surface area contributed by atoms with Gasteiger partial charge < -0.3 is 5.73 Å². The monoisotopic (exact) mass is 165 g/mol. The Labute approximate surface area is 73.1 Å². The van der Waals surface area contributed by atoms with E-state index in [-0.39, 0.29) is 11.2 Å². The number of rotatable bonds is 1. The molecule has 0 aromatic rings. The number of carbonyl (C=O) groups is 1. The van der Waals surface area contributed by atoms with Gasteiger partial charge in [0.05, 0.1) is 0 Å². The Kier molecular flexibility index (Phi) is 2.20. The van der Waals surface area contributed by atoms with Crippen LogP contribution in [0.2, 0.25) is 0 Å². The maximum absolute atomic E-state index is 11.2. The normalized spacial score (nSPS) is 22.4. The van der Waals surface area contributed by atoms with E-state index in [0.717, 1.165) is 12.0 Å². The van der Waals surface area contributed by atoms with E-state index < -0.39 is 0 Å². The third kappa shape index (κ3) is 1.48.